The SMILES string of the molecule is C=C1[C@@H](O)[C@@H]2O[C@]3(CC[C@H](/C=C/[C@@H](C)[C@@H]4CC(C)=C[C@@]5(O[C@H](C[C@@](C)(O)C(=O)OC)CC[C@H]5O)O4)O3)CC[C@H]2O[C@@H]1[C@@H](O)C[C@H](C)[C@H]1O[C@@]2(CCCCO2)CC[C@H]1C. The minimum Gasteiger partial charge on any atom is -0.467 e. The third-order valence-electron chi connectivity index (χ3n) is 14.2. The molecule has 0 aromatic heterocycles. The van der Waals surface area contributed by atoms with E-state index in [1.54, 1.807) is 0 Å². The first-order valence-corrected chi connectivity index (χ1v) is 22.1. The maximum atomic E-state index is 12.2. The molecule has 6 fully saturated rings. The lowest BCUT2D eigenvalue weighted by Gasteiger charge is -2.50. The zero-order valence-corrected chi connectivity index (χ0v) is 35.5. The molecule has 13 nitrogen and oxygen atoms in total. The first-order valence-electron chi connectivity index (χ1n) is 22.1. The van der Waals surface area contributed by atoms with E-state index >= 15 is 0 Å². The van der Waals surface area contributed by atoms with Gasteiger partial charge in [0, 0.05) is 38.0 Å². The Kier molecular flexibility index (Phi) is 13.4. The lowest BCUT2D eigenvalue weighted by atomic mass is 9.79. The number of hydrogen-bond acceptors (Lipinski definition) is 13. The molecule has 0 bridgehead atoms. The van der Waals surface area contributed by atoms with Crippen LogP contribution in [0.25, 0.3) is 0 Å². The van der Waals surface area contributed by atoms with Crippen LogP contribution in [0.4, 0.5) is 0 Å². The van der Waals surface area contributed by atoms with Crippen molar-refractivity contribution in [2.75, 3.05) is 13.7 Å². The number of aliphatic hydroxyl groups excluding tert-OH is 3. The van der Waals surface area contributed by atoms with Crippen molar-refractivity contribution in [1.29, 1.82) is 0 Å². The van der Waals surface area contributed by atoms with Crippen LogP contribution in [-0.2, 0) is 42.7 Å². The topological polar surface area (TPSA) is 172 Å². The molecule has 0 amide bonds. The fourth-order valence-corrected chi connectivity index (χ4v) is 10.8. The van der Waals surface area contributed by atoms with Crippen molar-refractivity contribution < 1.29 is 63.1 Å². The van der Waals surface area contributed by atoms with Gasteiger partial charge in [0.2, 0.25) is 5.79 Å². The van der Waals surface area contributed by atoms with E-state index < -0.39 is 71.7 Å². The molecular weight excluding hydrogens is 748 g/mol. The Morgan fingerprint density at radius 2 is 1.78 bits per heavy atom. The number of hydrogen-bond donors (Lipinski definition) is 4. The van der Waals surface area contributed by atoms with Gasteiger partial charge in [-0.3, -0.25) is 0 Å². The summed E-state index contributed by atoms with van der Waals surface area (Å²) in [6.07, 6.45) is 9.94. The molecule has 7 aliphatic rings. The fourth-order valence-electron chi connectivity index (χ4n) is 10.8. The minimum atomic E-state index is -1.73. The van der Waals surface area contributed by atoms with E-state index in [9.17, 15) is 25.2 Å². The third-order valence-corrected chi connectivity index (χ3v) is 14.2. The summed E-state index contributed by atoms with van der Waals surface area (Å²) in [6, 6.07) is 0. The highest BCUT2D eigenvalue weighted by atomic mass is 16.7. The van der Waals surface area contributed by atoms with Gasteiger partial charge in [-0.25, -0.2) is 4.79 Å². The summed E-state index contributed by atoms with van der Waals surface area (Å²) in [4.78, 5) is 12.2. The van der Waals surface area contributed by atoms with Gasteiger partial charge in [-0.15, -0.1) is 0 Å². The molecule has 0 aromatic carbocycles. The zero-order valence-electron chi connectivity index (χ0n) is 35.5. The number of aliphatic hydroxyl groups is 4. The Morgan fingerprint density at radius 3 is 2.52 bits per heavy atom. The van der Waals surface area contributed by atoms with Crippen molar-refractivity contribution in [3.63, 3.8) is 0 Å². The molecule has 0 saturated carbocycles. The second-order valence-electron chi connectivity index (χ2n) is 19.1. The molecule has 13 heteroatoms. The first kappa shape index (κ1) is 44.3. The Morgan fingerprint density at radius 1 is 1.02 bits per heavy atom. The van der Waals surface area contributed by atoms with Crippen molar-refractivity contribution in [3.05, 3.63) is 36.0 Å². The molecule has 328 valence electrons. The van der Waals surface area contributed by atoms with Gasteiger partial charge in [-0.05, 0) is 95.1 Å². The Hall–Kier alpha value is -1.75. The molecule has 4 N–H and O–H groups in total. The molecule has 0 radical (unpaired) electrons. The number of carbonyl (C=O) groups is 1. The van der Waals surface area contributed by atoms with Crippen LogP contribution in [0.2, 0.25) is 0 Å². The number of esters is 1. The molecule has 3 spiro atoms. The molecule has 7 aliphatic heterocycles. The van der Waals surface area contributed by atoms with Crippen LogP contribution < -0.4 is 0 Å². The minimum absolute atomic E-state index is 0.0145. The second-order valence-corrected chi connectivity index (χ2v) is 19.1. The van der Waals surface area contributed by atoms with Gasteiger partial charge >= 0.3 is 5.97 Å². The quantitative estimate of drug-likeness (QED) is 0.166. The number of rotatable bonds is 10. The highest BCUT2D eigenvalue weighted by Crippen LogP contribution is 2.47. The van der Waals surface area contributed by atoms with Crippen molar-refractivity contribution in [1.82, 2.24) is 0 Å². The molecule has 0 aliphatic carbocycles. The summed E-state index contributed by atoms with van der Waals surface area (Å²) in [5, 5.41) is 45.0. The molecule has 0 unspecified atom stereocenters. The number of methoxy groups -OCH3 is 1. The van der Waals surface area contributed by atoms with Crippen molar-refractivity contribution >= 4 is 5.97 Å². The van der Waals surface area contributed by atoms with E-state index in [4.69, 9.17) is 37.9 Å². The highest BCUT2D eigenvalue weighted by Gasteiger charge is 2.55. The van der Waals surface area contributed by atoms with E-state index in [1.165, 1.54) is 14.0 Å². The highest BCUT2D eigenvalue weighted by molar-refractivity contribution is 5.78. The average molecular weight is 819 g/mol. The largest absolute Gasteiger partial charge is 0.467 e. The van der Waals surface area contributed by atoms with Gasteiger partial charge in [0.1, 0.15) is 24.4 Å². The Bertz CT molecular complexity index is 1520. The van der Waals surface area contributed by atoms with E-state index in [0.717, 1.165) is 50.7 Å². The first-order chi connectivity index (χ1) is 27.5. The zero-order chi connectivity index (χ0) is 41.6. The van der Waals surface area contributed by atoms with E-state index in [0.29, 0.717) is 56.4 Å². The van der Waals surface area contributed by atoms with E-state index in [1.807, 2.05) is 19.1 Å². The molecule has 6 saturated heterocycles. The molecule has 58 heavy (non-hydrogen) atoms. The predicted octanol–water partition coefficient (Wildman–Crippen LogP) is 5.30. The Labute approximate surface area is 344 Å². The van der Waals surface area contributed by atoms with E-state index in [2.05, 4.69) is 33.4 Å². The molecular formula is C45H70O13. The Balaban J connectivity index is 0.919. The molecule has 7 rings (SSSR count). The van der Waals surface area contributed by atoms with Crippen LogP contribution in [0.5, 0.6) is 0 Å². The van der Waals surface area contributed by atoms with Crippen LogP contribution in [0.3, 0.4) is 0 Å². The number of fused-ring (bicyclic) bond motifs is 1. The summed E-state index contributed by atoms with van der Waals surface area (Å²) < 4.78 is 50.2. The normalized spacial score (nSPS) is 44.8. The number of carbonyl (C=O) groups excluding carboxylic acids is 1. The lowest BCUT2D eigenvalue weighted by Crippen LogP contribution is -2.60. The van der Waals surface area contributed by atoms with Gasteiger partial charge in [0.05, 0.1) is 50.3 Å². The predicted molar refractivity (Wildman–Crippen MR) is 212 cm³/mol. The summed E-state index contributed by atoms with van der Waals surface area (Å²) >= 11 is 0. The van der Waals surface area contributed by atoms with Crippen molar-refractivity contribution in [2.24, 2.45) is 17.8 Å². The van der Waals surface area contributed by atoms with Gasteiger partial charge in [0.15, 0.2) is 17.2 Å². The molecule has 17 atom stereocenters. The molecule has 0 aromatic rings. The van der Waals surface area contributed by atoms with Gasteiger partial charge in [0.25, 0.3) is 0 Å². The van der Waals surface area contributed by atoms with Crippen LogP contribution in [0.15, 0.2) is 36.0 Å². The van der Waals surface area contributed by atoms with Crippen molar-refractivity contribution in [2.45, 2.75) is 209 Å². The number of ether oxygens (including phenoxy) is 8. The standard InChI is InChI=1S/C45H70O13/c1-26-22-35(56-45(24-26)36(47)13-12-32(55-45)25-42(6,50)41(49)51-7)27(2)10-11-31-15-19-44(54-31)20-16-34-40(58-44)37(48)30(5)39(53-34)33(46)23-29(4)38-28(3)14-18-43(57-38)17-8-9-21-52-43/h10-11,24,27-29,31-40,46-48,50H,5,8-9,12-23,25H2,1-4,6-7H3/b11-10+/t27-,28-,29+,31+,32+,33+,34-,35+,36-,37-,38+,39+,40-,42-,43+,44-,45-/m1/s1. The van der Waals surface area contributed by atoms with Crippen molar-refractivity contribution in [3.8, 4) is 0 Å². The lowest BCUT2D eigenvalue weighted by molar-refractivity contribution is -0.321. The van der Waals surface area contributed by atoms with Crippen LogP contribution in [-0.4, -0.2) is 124 Å². The third kappa shape index (κ3) is 9.21. The summed E-state index contributed by atoms with van der Waals surface area (Å²) in [5.41, 5.74) is -0.287. The maximum Gasteiger partial charge on any atom is 0.337 e. The average Bonchev–Trinajstić information content (AvgIpc) is 3.59. The summed E-state index contributed by atoms with van der Waals surface area (Å²) in [6.45, 7) is 14.7. The second kappa shape index (κ2) is 17.6. The summed E-state index contributed by atoms with van der Waals surface area (Å²) in [5.74, 6) is -3.15. The fraction of sp³-hybridized carbons (Fsp3) is 0.844. The van der Waals surface area contributed by atoms with Gasteiger partial charge in [-0.1, -0.05) is 45.1 Å². The van der Waals surface area contributed by atoms with E-state index in [-0.39, 0.29) is 36.6 Å². The molecule has 7 heterocycles. The van der Waals surface area contributed by atoms with Crippen LogP contribution in [0, 0.1) is 17.8 Å². The summed E-state index contributed by atoms with van der Waals surface area (Å²) in [7, 11) is 1.24. The van der Waals surface area contributed by atoms with Crippen LogP contribution in [0.1, 0.15) is 125 Å². The van der Waals surface area contributed by atoms with Crippen LogP contribution >= 0.6 is 0 Å². The van der Waals surface area contributed by atoms with Gasteiger partial charge in [-0.2, -0.15) is 0 Å². The monoisotopic (exact) mass is 818 g/mol. The maximum absolute atomic E-state index is 12.2. The smallest absolute Gasteiger partial charge is 0.337 e. The van der Waals surface area contributed by atoms with Gasteiger partial charge < -0.3 is 58.3 Å².